The van der Waals surface area contributed by atoms with Gasteiger partial charge < -0.3 is 14.4 Å². The predicted octanol–water partition coefficient (Wildman–Crippen LogP) is 4.32. The molecule has 1 aromatic heterocycles. The molecular formula is C24H27N3O3S. The number of carbonyl (C=O) groups excluding carboxylic acids is 1. The average Bonchev–Trinajstić information content (AvgIpc) is 2.96. The summed E-state index contributed by atoms with van der Waals surface area (Å²) >= 11 is 1.72. The van der Waals surface area contributed by atoms with E-state index >= 15 is 0 Å². The first-order chi connectivity index (χ1) is 15.0. The van der Waals surface area contributed by atoms with E-state index in [2.05, 4.69) is 41.7 Å². The second-order valence-corrected chi connectivity index (χ2v) is 8.52. The van der Waals surface area contributed by atoms with Crippen molar-refractivity contribution in [1.82, 2.24) is 14.7 Å². The van der Waals surface area contributed by atoms with Crippen LogP contribution < -0.4 is 9.47 Å². The zero-order valence-electron chi connectivity index (χ0n) is 18.3. The molecule has 1 aliphatic rings. The first-order valence-electron chi connectivity index (χ1n) is 10.3. The minimum absolute atomic E-state index is 0.0244. The van der Waals surface area contributed by atoms with Crippen LogP contribution in [0.15, 0.2) is 47.4 Å². The number of fused-ring (bicyclic) bond motifs is 1. The maximum atomic E-state index is 13.0. The number of aryl methyl sites for hydroxylation is 2. The largest absolute Gasteiger partial charge is 0.493 e. The van der Waals surface area contributed by atoms with Gasteiger partial charge >= 0.3 is 0 Å². The van der Waals surface area contributed by atoms with Crippen LogP contribution in [0.25, 0.3) is 11.1 Å². The average molecular weight is 438 g/mol. The van der Waals surface area contributed by atoms with Crippen LogP contribution >= 0.6 is 11.8 Å². The summed E-state index contributed by atoms with van der Waals surface area (Å²) in [7, 11) is 1.65. The molecule has 0 spiro atoms. The number of carbonyl (C=O) groups is 1. The van der Waals surface area contributed by atoms with Crippen LogP contribution in [-0.2, 0) is 17.9 Å². The van der Waals surface area contributed by atoms with Crippen molar-refractivity contribution in [2.45, 2.75) is 31.8 Å². The van der Waals surface area contributed by atoms with E-state index in [1.165, 1.54) is 4.90 Å². The number of hydrogen-bond acceptors (Lipinski definition) is 5. The molecule has 0 N–H and O–H groups in total. The molecule has 0 bridgehead atoms. The van der Waals surface area contributed by atoms with Gasteiger partial charge in [-0.15, -0.1) is 11.8 Å². The maximum Gasteiger partial charge on any atom is 0.244 e. The van der Waals surface area contributed by atoms with E-state index in [0.717, 1.165) is 28.1 Å². The van der Waals surface area contributed by atoms with Crippen LogP contribution in [0.3, 0.4) is 0 Å². The molecule has 162 valence electrons. The molecule has 0 saturated heterocycles. The van der Waals surface area contributed by atoms with Crippen LogP contribution in [0.1, 0.15) is 17.0 Å². The van der Waals surface area contributed by atoms with Crippen molar-refractivity contribution in [2.24, 2.45) is 0 Å². The summed E-state index contributed by atoms with van der Waals surface area (Å²) in [5.41, 5.74) is 4.98. The quantitative estimate of drug-likeness (QED) is 0.557. The van der Waals surface area contributed by atoms with Crippen LogP contribution in [0, 0.1) is 13.8 Å². The van der Waals surface area contributed by atoms with Gasteiger partial charge in [0, 0.05) is 22.7 Å². The van der Waals surface area contributed by atoms with Gasteiger partial charge in [0.1, 0.15) is 13.2 Å². The Hall–Kier alpha value is -2.93. The summed E-state index contributed by atoms with van der Waals surface area (Å²) in [6.07, 6.45) is 2.06. The molecule has 3 aromatic rings. The molecule has 31 heavy (non-hydrogen) atoms. The Kier molecular flexibility index (Phi) is 6.23. The van der Waals surface area contributed by atoms with Gasteiger partial charge in [0.15, 0.2) is 11.5 Å². The van der Waals surface area contributed by atoms with Crippen molar-refractivity contribution in [3.05, 3.63) is 59.4 Å². The fraction of sp³-hybridized carbons (Fsp3) is 0.333. The molecule has 0 saturated carbocycles. The van der Waals surface area contributed by atoms with Crippen molar-refractivity contribution < 1.29 is 14.3 Å². The predicted molar refractivity (Wildman–Crippen MR) is 123 cm³/mol. The first kappa shape index (κ1) is 21.3. The van der Waals surface area contributed by atoms with E-state index < -0.39 is 0 Å². The Morgan fingerprint density at radius 3 is 2.58 bits per heavy atom. The van der Waals surface area contributed by atoms with Gasteiger partial charge in [0.2, 0.25) is 5.91 Å². The van der Waals surface area contributed by atoms with Gasteiger partial charge in [-0.25, -0.2) is 0 Å². The van der Waals surface area contributed by atoms with E-state index in [4.69, 9.17) is 9.47 Å². The van der Waals surface area contributed by atoms with Crippen molar-refractivity contribution in [2.75, 3.05) is 26.5 Å². The van der Waals surface area contributed by atoms with Gasteiger partial charge in [-0.3, -0.25) is 9.48 Å². The van der Waals surface area contributed by atoms with Crippen LogP contribution in [0.2, 0.25) is 0 Å². The molecular weight excluding hydrogens is 410 g/mol. The lowest BCUT2D eigenvalue weighted by Gasteiger charge is -2.20. The summed E-state index contributed by atoms with van der Waals surface area (Å²) in [6.45, 7) is 5.54. The lowest BCUT2D eigenvalue weighted by atomic mass is 10.0. The van der Waals surface area contributed by atoms with E-state index in [1.54, 1.807) is 23.6 Å². The van der Waals surface area contributed by atoms with Gasteiger partial charge in [0.05, 0.1) is 19.3 Å². The highest BCUT2D eigenvalue weighted by Crippen LogP contribution is 2.38. The molecule has 2 heterocycles. The Labute approximate surface area is 187 Å². The van der Waals surface area contributed by atoms with Gasteiger partial charge in [-0.1, -0.05) is 12.1 Å². The van der Waals surface area contributed by atoms with Crippen molar-refractivity contribution in [3.63, 3.8) is 0 Å². The number of nitrogens with zero attached hydrogens (tertiary/aromatic N) is 3. The number of benzene rings is 2. The Morgan fingerprint density at radius 2 is 1.94 bits per heavy atom. The molecule has 0 radical (unpaired) electrons. The molecule has 0 aliphatic carbocycles. The minimum atomic E-state index is 0.0244. The second-order valence-electron chi connectivity index (χ2n) is 7.64. The summed E-state index contributed by atoms with van der Waals surface area (Å²) < 4.78 is 13.4. The highest BCUT2D eigenvalue weighted by molar-refractivity contribution is 7.98. The third-order valence-electron chi connectivity index (χ3n) is 5.48. The Balaban J connectivity index is 1.63. The number of ether oxygens (including phenoxy) is 2. The first-order valence-corrected chi connectivity index (χ1v) is 11.5. The zero-order chi connectivity index (χ0) is 22.0. The van der Waals surface area contributed by atoms with Crippen molar-refractivity contribution >= 4 is 17.7 Å². The molecule has 4 rings (SSSR count). The molecule has 0 fully saturated rings. The summed E-state index contributed by atoms with van der Waals surface area (Å²) in [4.78, 5) is 16.1. The molecule has 2 aromatic carbocycles. The molecule has 6 nitrogen and oxygen atoms in total. The Bertz CT molecular complexity index is 1090. The van der Waals surface area contributed by atoms with Crippen LogP contribution in [-0.4, -0.2) is 47.1 Å². The van der Waals surface area contributed by atoms with Gasteiger partial charge in [0.25, 0.3) is 0 Å². The zero-order valence-corrected chi connectivity index (χ0v) is 19.2. The SMILES string of the molecule is COc1cc(-c2ccc(SC)cc2)cc2c1OCCN(C(=O)Cn1nc(C)cc1C)C2. The number of hydrogen-bond donors (Lipinski definition) is 0. The van der Waals surface area contributed by atoms with Gasteiger partial charge in [-0.2, -0.15) is 5.10 Å². The maximum absolute atomic E-state index is 13.0. The molecule has 0 unspecified atom stereocenters. The fourth-order valence-corrected chi connectivity index (χ4v) is 4.27. The van der Waals surface area contributed by atoms with E-state index in [9.17, 15) is 4.79 Å². The monoisotopic (exact) mass is 437 g/mol. The van der Waals surface area contributed by atoms with Crippen LogP contribution in [0.4, 0.5) is 0 Å². The number of thioether (sulfide) groups is 1. The normalized spacial score (nSPS) is 13.4. The minimum Gasteiger partial charge on any atom is -0.493 e. The van der Waals surface area contributed by atoms with E-state index in [-0.39, 0.29) is 12.5 Å². The smallest absolute Gasteiger partial charge is 0.244 e. The third kappa shape index (κ3) is 4.56. The highest BCUT2D eigenvalue weighted by Gasteiger charge is 2.24. The highest BCUT2D eigenvalue weighted by atomic mass is 32.2. The number of methoxy groups -OCH3 is 1. The van der Waals surface area contributed by atoms with E-state index in [0.29, 0.717) is 31.2 Å². The van der Waals surface area contributed by atoms with Gasteiger partial charge in [-0.05, 0) is 61.6 Å². The van der Waals surface area contributed by atoms with E-state index in [1.807, 2.05) is 30.9 Å². The summed E-state index contributed by atoms with van der Waals surface area (Å²) in [6, 6.07) is 14.5. The lowest BCUT2D eigenvalue weighted by Crippen LogP contribution is -2.35. The summed E-state index contributed by atoms with van der Waals surface area (Å²) in [5, 5.41) is 4.42. The van der Waals surface area contributed by atoms with Crippen LogP contribution in [0.5, 0.6) is 11.5 Å². The lowest BCUT2D eigenvalue weighted by molar-refractivity contribution is -0.132. The number of rotatable bonds is 5. The Morgan fingerprint density at radius 1 is 1.16 bits per heavy atom. The number of amides is 1. The second kappa shape index (κ2) is 9.06. The van der Waals surface area contributed by atoms with Crippen molar-refractivity contribution in [3.8, 4) is 22.6 Å². The topological polar surface area (TPSA) is 56.6 Å². The number of aromatic nitrogens is 2. The van der Waals surface area contributed by atoms with Crippen molar-refractivity contribution in [1.29, 1.82) is 0 Å². The molecule has 7 heteroatoms. The molecule has 1 aliphatic heterocycles. The summed E-state index contributed by atoms with van der Waals surface area (Å²) in [5.74, 6) is 1.43. The molecule has 1 amide bonds. The standard InChI is InChI=1S/C24H27N3O3S/c1-16-11-17(2)27(25-16)15-23(28)26-9-10-30-24-20(14-26)12-19(13-22(24)29-3)18-5-7-21(31-4)8-6-18/h5-8,11-13H,9-10,14-15H2,1-4H3. The fourth-order valence-electron chi connectivity index (χ4n) is 3.86. The third-order valence-corrected chi connectivity index (χ3v) is 6.23. The molecule has 0 atom stereocenters.